The normalized spacial score (nSPS) is 15.0. The lowest BCUT2D eigenvalue weighted by Gasteiger charge is -2.08. The van der Waals surface area contributed by atoms with Gasteiger partial charge >= 0.3 is 0 Å². The van der Waals surface area contributed by atoms with E-state index in [1.54, 1.807) is 5.57 Å². The van der Waals surface area contributed by atoms with Crippen molar-refractivity contribution in [2.75, 3.05) is 11.9 Å². The minimum atomic E-state index is 0.526. The standard InChI is InChI=1S/C12H16ClN3/c1-9-11(13)15-8-16-12(9)14-7-6-10-4-2-3-5-10/h4,8H,2-3,5-7H2,1H3,(H,14,15,16). The van der Waals surface area contributed by atoms with E-state index in [0.29, 0.717) is 5.15 Å². The molecule has 1 N–H and O–H groups in total. The summed E-state index contributed by atoms with van der Waals surface area (Å²) in [6, 6.07) is 0. The Balaban J connectivity index is 1.87. The molecule has 0 atom stereocenters. The molecule has 0 spiro atoms. The van der Waals surface area contributed by atoms with Gasteiger partial charge < -0.3 is 5.32 Å². The van der Waals surface area contributed by atoms with Crippen molar-refractivity contribution in [1.82, 2.24) is 9.97 Å². The quantitative estimate of drug-likeness (QED) is 0.645. The zero-order chi connectivity index (χ0) is 11.4. The van der Waals surface area contributed by atoms with Gasteiger partial charge in [0.05, 0.1) is 0 Å². The second-order valence-electron chi connectivity index (χ2n) is 4.07. The molecule has 86 valence electrons. The molecule has 2 rings (SSSR count). The van der Waals surface area contributed by atoms with Crippen LogP contribution in [0, 0.1) is 6.92 Å². The highest BCUT2D eigenvalue weighted by Crippen LogP contribution is 2.21. The highest BCUT2D eigenvalue weighted by molar-refractivity contribution is 6.30. The van der Waals surface area contributed by atoms with Crippen molar-refractivity contribution >= 4 is 17.4 Å². The second-order valence-corrected chi connectivity index (χ2v) is 4.43. The van der Waals surface area contributed by atoms with Crippen LogP contribution in [0.3, 0.4) is 0 Å². The van der Waals surface area contributed by atoms with Crippen molar-refractivity contribution in [3.63, 3.8) is 0 Å². The lowest BCUT2D eigenvalue weighted by molar-refractivity contribution is 0.861. The van der Waals surface area contributed by atoms with Crippen molar-refractivity contribution in [3.8, 4) is 0 Å². The van der Waals surface area contributed by atoms with Gasteiger partial charge in [-0.2, -0.15) is 0 Å². The number of aromatic nitrogens is 2. The van der Waals surface area contributed by atoms with Gasteiger partial charge in [-0.3, -0.25) is 0 Å². The molecule has 1 heterocycles. The van der Waals surface area contributed by atoms with Crippen LogP contribution in [-0.4, -0.2) is 16.5 Å². The largest absolute Gasteiger partial charge is 0.369 e. The molecule has 0 bridgehead atoms. The molecule has 1 aromatic heterocycles. The van der Waals surface area contributed by atoms with Gasteiger partial charge in [0.1, 0.15) is 17.3 Å². The van der Waals surface area contributed by atoms with Gasteiger partial charge in [-0.05, 0) is 32.6 Å². The molecule has 0 amide bonds. The second kappa shape index (κ2) is 5.30. The first kappa shape index (κ1) is 11.4. The van der Waals surface area contributed by atoms with E-state index in [0.717, 1.165) is 24.3 Å². The van der Waals surface area contributed by atoms with E-state index in [-0.39, 0.29) is 0 Å². The van der Waals surface area contributed by atoms with Crippen molar-refractivity contribution in [2.24, 2.45) is 0 Å². The summed E-state index contributed by atoms with van der Waals surface area (Å²) in [5.74, 6) is 0.846. The number of nitrogens with one attached hydrogen (secondary N) is 1. The molecule has 0 aliphatic heterocycles. The molecule has 1 aliphatic carbocycles. The summed E-state index contributed by atoms with van der Waals surface area (Å²) in [6.07, 6.45) is 8.75. The third-order valence-corrected chi connectivity index (χ3v) is 3.28. The molecule has 0 unspecified atom stereocenters. The van der Waals surface area contributed by atoms with Gasteiger partial charge in [0.2, 0.25) is 0 Å². The number of hydrogen-bond acceptors (Lipinski definition) is 3. The van der Waals surface area contributed by atoms with Crippen molar-refractivity contribution in [3.05, 3.63) is 28.7 Å². The first-order valence-electron chi connectivity index (χ1n) is 5.66. The zero-order valence-electron chi connectivity index (χ0n) is 9.46. The van der Waals surface area contributed by atoms with Crippen LogP contribution in [0.2, 0.25) is 5.15 Å². The first-order chi connectivity index (χ1) is 7.77. The highest BCUT2D eigenvalue weighted by Gasteiger charge is 2.06. The van der Waals surface area contributed by atoms with E-state index in [4.69, 9.17) is 11.6 Å². The van der Waals surface area contributed by atoms with Crippen LogP contribution in [0.5, 0.6) is 0 Å². The lowest BCUT2D eigenvalue weighted by Crippen LogP contribution is -2.06. The summed E-state index contributed by atoms with van der Waals surface area (Å²) >= 11 is 5.92. The summed E-state index contributed by atoms with van der Waals surface area (Å²) in [6.45, 7) is 2.85. The molecule has 0 saturated carbocycles. The van der Waals surface area contributed by atoms with Crippen LogP contribution in [0.4, 0.5) is 5.82 Å². The van der Waals surface area contributed by atoms with Gasteiger partial charge in [0.15, 0.2) is 0 Å². The number of halogens is 1. The molecule has 0 radical (unpaired) electrons. The van der Waals surface area contributed by atoms with Crippen LogP contribution in [-0.2, 0) is 0 Å². The number of anilines is 1. The van der Waals surface area contributed by atoms with E-state index < -0.39 is 0 Å². The zero-order valence-corrected chi connectivity index (χ0v) is 10.2. The Morgan fingerprint density at radius 2 is 2.31 bits per heavy atom. The van der Waals surface area contributed by atoms with Crippen LogP contribution in [0.15, 0.2) is 18.0 Å². The van der Waals surface area contributed by atoms with Crippen molar-refractivity contribution in [2.45, 2.75) is 32.6 Å². The predicted molar refractivity (Wildman–Crippen MR) is 66.8 cm³/mol. The molecule has 0 aromatic carbocycles. The highest BCUT2D eigenvalue weighted by atomic mass is 35.5. The summed E-state index contributed by atoms with van der Waals surface area (Å²) in [7, 11) is 0. The third kappa shape index (κ3) is 2.73. The molecule has 0 saturated heterocycles. The monoisotopic (exact) mass is 237 g/mol. The molecular formula is C12H16ClN3. The molecule has 1 aromatic rings. The summed E-state index contributed by atoms with van der Waals surface area (Å²) in [5.41, 5.74) is 2.48. The van der Waals surface area contributed by atoms with Gasteiger partial charge in [0.25, 0.3) is 0 Å². The topological polar surface area (TPSA) is 37.8 Å². The predicted octanol–water partition coefficient (Wildman–Crippen LogP) is 3.35. The maximum atomic E-state index is 5.92. The van der Waals surface area contributed by atoms with Gasteiger partial charge in [-0.25, -0.2) is 9.97 Å². The summed E-state index contributed by atoms with van der Waals surface area (Å²) in [5, 5.41) is 3.83. The van der Waals surface area contributed by atoms with Crippen molar-refractivity contribution < 1.29 is 0 Å². The Labute approximate surface area is 101 Å². The number of nitrogens with zero attached hydrogens (tertiary/aromatic N) is 2. The van der Waals surface area contributed by atoms with E-state index in [9.17, 15) is 0 Å². The molecular weight excluding hydrogens is 222 g/mol. The van der Waals surface area contributed by atoms with Crippen LogP contribution in [0.25, 0.3) is 0 Å². The van der Waals surface area contributed by atoms with E-state index in [1.165, 1.54) is 25.6 Å². The fraction of sp³-hybridized carbons (Fsp3) is 0.500. The Morgan fingerprint density at radius 1 is 1.44 bits per heavy atom. The molecule has 0 fully saturated rings. The number of rotatable bonds is 4. The molecule has 1 aliphatic rings. The summed E-state index contributed by atoms with van der Waals surface area (Å²) < 4.78 is 0. The molecule has 3 nitrogen and oxygen atoms in total. The smallest absolute Gasteiger partial charge is 0.137 e. The Morgan fingerprint density at radius 3 is 3.06 bits per heavy atom. The first-order valence-corrected chi connectivity index (χ1v) is 6.04. The Kier molecular flexibility index (Phi) is 3.78. The average molecular weight is 238 g/mol. The number of hydrogen-bond donors (Lipinski definition) is 1. The Bertz CT molecular complexity index is 401. The van der Waals surface area contributed by atoms with Crippen LogP contribution >= 0.6 is 11.6 Å². The van der Waals surface area contributed by atoms with Gasteiger partial charge in [-0.1, -0.05) is 23.3 Å². The van der Waals surface area contributed by atoms with Gasteiger partial charge in [-0.15, -0.1) is 0 Å². The molecule has 4 heteroatoms. The van der Waals surface area contributed by atoms with E-state index in [2.05, 4.69) is 21.4 Å². The molecule has 16 heavy (non-hydrogen) atoms. The van der Waals surface area contributed by atoms with Crippen LogP contribution < -0.4 is 5.32 Å². The van der Waals surface area contributed by atoms with E-state index >= 15 is 0 Å². The van der Waals surface area contributed by atoms with Crippen molar-refractivity contribution in [1.29, 1.82) is 0 Å². The summed E-state index contributed by atoms with van der Waals surface area (Å²) in [4.78, 5) is 8.10. The maximum Gasteiger partial charge on any atom is 0.137 e. The average Bonchev–Trinajstić information content (AvgIpc) is 2.77. The minimum Gasteiger partial charge on any atom is -0.369 e. The SMILES string of the molecule is Cc1c(Cl)ncnc1NCCC1=CCCC1. The Hall–Kier alpha value is -1.09. The third-order valence-electron chi connectivity index (χ3n) is 2.90. The van der Waals surface area contributed by atoms with E-state index in [1.807, 2.05) is 6.92 Å². The lowest BCUT2D eigenvalue weighted by atomic mass is 10.2. The van der Waals surface area contributed by atoms with Crippen LogP contribution in [0.1, 0.15) is 31.2 Å². The minimum absolute atomic E-state index is 0.526. The van der Waals surface area contributed by atoms with Gasteiger partial charge in [0, 0.05) is 12.1 Å². The number of allylic oxidation sites excluding steroid dienone is 1. The fourth-order valence-electron chi connectivity index (χ4n) is 1.91. The fourth-order valence-corrected chi connectivity index (χ4v) is 2.05. The maximum absolute atomic E-state index is 5.92.